The molecular formula is C18H23N3O5S. The monoisotopic (exact) mass is 393 g/mol. The Hall–Kier alpha value is -2.42. The van der Waals surface area contributed by atoms with Gasteiger partial charge in [-0.3, -0.25) is 4.79 Å². The second kappa shape index (κ2) is 8.98. The van der Waals surface area contributed by atoms with Crippen molar-refractivity contribution in [2.24, 2.45) is 0 Å². The van der Waals surface area contributed by atoms with Crippen LogP contribution in [0.2, 0.25) is 0 Å². The van der Waals surface area contributed by atoms with Crippen LogP contribution in [0.1, 0.15) is 19.3 Å². The van der Waals surface area contributed by atoms with Crippen molar-refractivity contribution in [3.63, 3.8) is 0 Å². The van der Waals surface area contributed by atoms with E-state index < -0.39 is 0 Å². The van der Waals surface area contributed by atoms with Gasteiger partial charge in [-0.1, -0.05) is 11.8 Å². The highest BCUT2D eigenvalue weighted by Gasteiger charge is 2.20. The summed E-state index contributed by atoms with van der Waals surface area (Å²) < 4.78 is 21.7. The number of hydrogen-bond donors (Lipinski definition) is 0. The summed E-state index contributed by atoms with van der Waals surface area (Å²) in [6.45, 7) is 1.67. The van der Waals surface area contributed by atoms with Crippen LogP contribution in [-0.4, -0.2) is 61.2 Å². The highest BCUT2D eigenvalue weighted by atomic mass is 32.2. The van der Waals surface area contributed by atoms with Crippen molar-refractivity contribution >= 4 is 17.7 Å². The lowest BCUT2D eigenvalue weighted by Gasteiger charge is -2.26. The molecule has 1 aromatic heterocycles. The minimum Gasteiger partial charge on any atom is -0.493 e. The van der Waals surface area contributed by atoms with E-state index in [0.717, 1.165) is 25.9 Å². The number of piperidine rings is 1. The normalized spacial score (nSPS) is 14.1. The summed E-state index contributed by atoms with van der Waals surface area (Å²) >= 11 is 1.25. The van der Waals surface area contributed by atoms with Gasteiger partial charge in [0, 0.05) is 18.7 Å². The van der Waals surface area contributed by atoms with Gasteiger partial charge in [-0.2, -0.15) is 0 Å². The van der Waals surface area contributed by atoms with Gasteiger partial charge in [0.05, 0.1) is 27.1 Å². The molecule has 2 aromatic rings. The zero-order valence-electron chi connectivity index (χ0n) is 15.7. The number of aromatic nitrogens is 2. The Kier molecular flexibility index (Phi) is 6.44. The standard InChI is InChI=1S/C18H23N3O5S/c1-23-13-9-12(10-14(24-2)16(13)25-3)17-19-20-18(26-17)27-11-15(22)21-7-5-4-6-8-21/h9-10H,4-8,11H2,1-3H3. The number of methoxy groups -OCH3 is 3. The highest BCUT2D eigenvalue weighted by molar-refractivity contribution is 7.99. The zero-order valence-corrected chi connectivity index (χ0v) is 16.5. The molecule has 8 nitrogen and oxygen atoms in total. The molecule has 0 atom stereocenters. The van der Waals surface area contributed by atoms with Crippen LogP contribution < -0.4 is 14.2 Å². The van der Waals surface area contributed by atoms with Crippen LogP contribution >= 0.6 is 11.8 Å². The van der Waals surface area contributed by atoms with E-state index in [1.807, 2.05) is 4.90 Å². The third-order valence-corrected chi connectivity index (χ3v) is 5.15. The SMILES string of the molecule is COc1cc(-c2nnc(SCC(=O)N3CCCCC3)o2)cc(OC)c1OC. The van der Waals surface area contributed by atoms with Gasteiger partial charge in [0.15, 0.2) is 11.5 Å². The van der Waals surface area contributed by atoms with Crippen molar-refractivity contribution in [3.8, 4) is 28.7 Å². The third-order valence-electron chi connectivity index (χ3n) is 4.35. The third kappa shape index (κ3) is 4.47. The Labute approximate surface area is 162 Å². The van der Waals surface area contributed by atoms with Crippen molar-refractivity contribution in [1.29, 1.82) is 0 Å². The van der Waals surface area contributed by atoms with E-state index in [2.05, 4.69) is 10.2 Å². The maximum Gasteiger partial charge on any atom is 0.277 e. The second-order valence-corrected chi connectivity index (χ2v) is 6.94. The largest absolute Gasteiger partial charge is 0.493 e. The lowest BCUT2D eigenvalue weighted by atomic mass is 10.1. The van der Waals surface area contributed by atoms with Crippen LogP contribution in [0.4, 0.5) is 0 Å². The highest BCUT2D eigenvalue weighted by Crippen LogP contribution is 2.41. The van der Waals surface area contributed by atoms with Crippen LogP contribution in [0.15, 0.2) is 21.8 Å². The minimum absolute atomic E-state index is 0.104. The summed E-state index contributed by atoms with van der Waals surface area (Å²) in [5.74, 6) is 2.20. The van der Waals surface area contributed by atoms with Crippen LogP contribution in [0.3, 0.4) is 0 Å². The first kappa shape index (κ1) is 19.3. The molecule has 0 bridgehead atoms. The van der Waals surface area contributed by atoms with Crippen LogP contribution in [0.5, 0.6) is 17.2 Å². The first-order chi connectivity index (χ1) is 13.2. The van der Waals surface area contributed by atoms with Crippen molar-refractivity contribution < 1.29 is 23.4 Å². The Balaban J connectivity index is 1.71. The molecule has 2 heterocycles. The predicted octanol–water partition coefficient (Wildman–Crippen LogP) is 2.87. The topological polar surface area (TPSA) is 86.9 Å². The van der Waals surface area contributed by atoms with Gasteiger partial charge in [-0.15, -0.1) is 10.2 Å². The van der Waals surface area contributed by atoms with Crippen molar-refractivity contribution in [2.45, 2.75) is 24.5 Å². The molecule has 1 amide bonds. The number of rotatable bonds is 7. The number of likely N-dealkylation sites (tertiary alicyclic amines) is 1. The number of benzene rings is 1. The molecule has 0 saturated carbocycles. The van der Waals surface area contributed by atoms with E-state index in [4.69, 9.17) is 18.6 Å². The molecule has 146 valence electrons. The van der Waals surface area contributed by atoms with Gasteiger partial charge >= 0.3 is 0 Å². The lowest BCUT2D eigenvalue weighted by molar-refractivity contribution is -0.129. The number of hydrogen-bond acceptors (Lipinski definition) is 8. The Morgan fingerprint density at radius 2 is 1.74 bits per heavy atom. The quantitative estimate of drug-likeness (QED) is 0.664. The van der Waals surface area contributed by atoms with Crippen LogP contribution in [0.25, 0.3) is 11.5 Å². The maximum absolute atomic E-state index is 12.3. The minimum atomic E-state index is 0.104. The van der Waals surface area contributed by atoms with Crippen molar-refractivity contribution in [3.05, 3.63) is 12.1 Å². The predicted molar refractivity (Wildman–Crippen MR) is 101 cm³/mol. The van der Waals surface area contributed by atoms with Crippen LogP contribution in [0, 0.1) is 0 Å². The van der Waals surface area contributed by atoms with Gasteiger partial charge in [0.25, 0.3) is 5.22 Å². The average Bonchev–Trinajstić information content (AvgIpc) is 3.20. The van der Waals surface area contributed by atoms with Crippen molar-refractivity contribution in [2.75, 3.05) is 40.2 Å². The first-order valence-electron chi connectivity index (χ1n) is 8.70. The van der Waals surface area contributed by atoms with E-state index in [-0.39, 0.29) is 11.7 Å². The van der Waals surface area contributed by atoms with Crippen LogP contribution in [-0.2, 0) is 4.79 Å². The molecule has 1 saturated heterocycles. The zero-order chi connectivity index (χ0) is 19.2. The fourth-order valence-electron chi connectivity index (χ4n) is 2.95. The summed E-state index contributed by atoms with van der Waals surface area (Å²) in [6, 6.07) is 3.48. The van der Waals surface area contributed by atoms with E-state index in [1.165, 1.54) is 18.2 Å². The Bertz CT molecular complexity index is 764. The Morgan fingerprint density at radius 3 is 2.33 bits per heavy atom. The fraction of sp³-hybridized carbons (Fsp3) is 0.500. The summed E-state index contributed by atoms with van der Waals surface area (Å²) in [4.78, 5) is 14.1. The maximum atomic E-state index is 12.3. The number of thioether (sulfide) groups is 1. The molecule has 1 aliphatic rings. The summed E-state index contributed by atoms with van der Waals surface area (Å²) in [7, 11) is 4.63. The van der Waals surface area contributed by atoms with E-state index in [1.54, 1.807) is 33.5 Å². The van der Waals surface area contributed by atoms with Gasteiger partial charge in [-0.05, 0) is 31.4 Å². The molecule has 0 unspecified atom stereocenters. The van der Waals surface area contributed by atoms with Gasteiger partial charge in [0.2, 0.25) is 17.5 Å². The molecule has 27 heavy (non-hydrogen) atoms. The molecule has 0 radical (unpaired) electrons. The van der Waals surface area contributed by atoms with E-state index in [9.17, 15) is 4.79 Å². The fourth-order valence-corrected chi connectivity index (χ4v) is 3.61. The molecule has 0 N–H and O–H groups in total. The smallest absolute Gasteiger partial charge is 0.277 e. The molecule has 0 spiro atoms. The lowest BCUT2D eigenvalue weighted by Crippen LogP contribution is -2.36. The summed E-state index contributed by atoms with van der Waals surface area (Å²) in [5.41, 5.74) is 0.645. The molecule has 9 heteroatoms. The van der Waals surface area contributed by atoms with Gasteiger partial charge < -0.3 is 23.5 Å². The summed E-state index contributed by atoms with van der Waals surface area (Å²) in [6.07, 6.45) is 3.34. The number of nitrogens with zero attached hydrogens (tertiary/aromatic N) is 3. The van der Waals surface area contributed by atoms with Gasteiger partial charge in [-0.25, -0.2) is 0 Å². The Morgan fingerprint density at radius 1 is 1.07 bits per heavy atom. The first-order valence-corrected chi connectivity index (χ1v) is 9.69. The molecule has 1 fully saturated rings. The molecule has 1 aliphatic heterocycles. The molecule has 1 aromatic carbocycles. The number of amides is 1. The molecule has 0 aliphatic carbocycles. The number of ether oxygens (including phenoxy) is 3. The van der Waals surface area contributed by atoms with E-state index in [0.29, 0.717) is 33.9 Å². The van der Waals surface area contributed by atoms with E-state index >= 15 is 0 Å². The second-order valence-electron chi connectivity index (χ2n) is 6.02. The number of carbonyl (C=O) groups excluding carboxylic acids is 1. The summed E-state index contributed by atoms with van der Waals surface area (Å²) in [5, 5.41) is 8.45. The molecular weight excluding hydrogens is 370 g/mol. The molecule has 3 rings (SSSR count). The number of carbonyl (C=O) groups is 1. The van der Waals surface area contributed by atoms with Gasteiger partial charge in [0.1, 0.15) is 0 Å². The average molecular weight is 393 g/mol. The van der Waals surface area contributed by atoms with Crippen molar-refractivity contribution in [1.82, 2.24) is 15.1 Å².